The van der Waals surface area contributed by atoms with Gasteiger partial charge in [0.1, 0.15) is 5.75 Å². The molecule has 0 aliphatic carbocycles. The first-order chi connectivity index (χ1) is 8.20. The van der Waals surface area contributed by atoms with Crippen LogP contribution in [-0.4, -0.2) is 16.7 Å². The van der Waals surface area contributed by atoms with Crippen molar-refractivity contribution in [3.63, 3.8) is 0 Å². The van der Waals surface area contributed by atoms with E-state index in [9.17, 15) is 0 Å². The number of hydrogen-bond donors (Lipinski definition) is 1. The van der Waals surface area contributed by atoms with E-state index >= 15 is 0 Å². The smallest absolute Gasteiger partial charge is 0.243 e. The van der Waals surface area contributed by atoms with E-state index in [-0.39, 0.29) is 6.04 Å². The molecule has 0 amide bonds. The molecule has 1 aromatic heterocycles. The third-order valence-corrected chi connectivity index (χ3v) is 2.23. The molecule has 5 nitrogen and oxygen atoms in total. The lowest BCUT2D eigenvalue weighted by atomic mass is 10.2. The van der Waals surface area contributed by atoms with Gasteiger partial charge in [-0.2, -0.15) is 4.98 Å². The summed E-state index contributed by atoms with van der Waals surface area (Å²) in [5.41, 5.74) is 6.52. The lowest BCUT2D eigenvalue weighted by molar-refractivity contribution is 0.340. The van der Waals surface area contributed by atoms with E-state index in [4.69, 9.17) is 15.0 Å². The zero-order valence-corrected chi connectivity index (χ0v) is 9.88. The molecular formula is C12H15N3O2. The first kappa shape index (κ1) is 11.6. The minimum absolute atomic E-state index is 0.258. The Morgan fingerprint density at radius 2 is 2.29 bits per heavy atom. The number of nitrogens with zero attached hydrogens (tertiary/aromatic N) is 2. The zero-order valence-electron chi connectivity index (χ0n) is 9.88. The number of ether oxygens (including phenoxy) is 1. The summed E-state index contributed by atoms with van der Waals surface area (Å²) in [7, 11) is 0. The number of nitrogens with two attached hydrogens (primary N) is 1. The topological polar surface area (TPSA) is 74.2 Å². The molecule has 2 N–H and O–H groups in total. The van der Waals surface area contributed by atoms with Crippen molar-refractivity contribution in [1.29, 1.82) is 0 Å². The van der Waals surface area contributed by atoms with Crippen LogP contribution in [0.15, 0.2) is 28.8 Å². The molecule has 0 fully saturated rings. The van der Waals surface area contributed by atoms with Crippen molar-refractivity contribution in [3.8, 4) is 17.1 Å². The normalized spacial score (nSPS) is 12.4. The van der Waals surface area contributed by atoms with Crippen LogP contribution in [0.25, 0.3) is 11.4 Å². The average molecular weight is 233 g/mol. The molecule has 5 heteroatoms. The quantitative estimate of drug-likeness (QED) is 0.875. The van der Waals surface area contributed by atoms with E-state index in [0.717, 1.165) is 11.3 Å². The van der Waals surface area contributed by atoms with Crippen LogP contribution >= 0.6 is 0 Å². The highest BCUT2D eigenvalue weighted by Gasteiger charge is 2.11. The molecule has 0 aliphatic rings. The SMILES string of the molecule is CCOc1cccc(-c2noc([C@@H](C)N)n2)c1. The molecule has 17 heavy (non-hydrogen) atoms. The highest BCUT2D eigenvalue weighted by molar-refractivity contribution is 5.56. The van der Waals surface area contributed by atoms with Gasteiger partial charge >= 0.3 is 0 Å². The van der Waals surface area contributed by atoms with Crippen LogP contribution < -0.4 is 10.5 Å². The number of hydrogen-bond acceptors (Lipinski definition) is 5. The van der Waals surface area contributed by atoms with Crippen LogP contribution in [0.1, 0.15) is 25.8 Å². The van der Waals surface area contributed by atoms with Crippen molar-refractivity contribution < 1.29 is 9.26 Å². The fourth-order valence-electron chi connectivity index (χ4n) is 1.43. The summed E-state index contributed by atoms with van der Waals surface area (Å²) in [6.45, 7) is 4.37. The van der Waals surface area contributed by atoms with E-state index in [1.807, 2.05) is 31.2 Å². The summed E-state index contributed by atoms with van der Waals surface area (Å²) < 4.78 is 10.5. The molecule has 0 radical (unpaired) electrons. The van der Waals surface area contributed by atoms with Crippen molar-refractivity contribution in [2.24, 2.45) is 5.73 Å². The fourth-order valence-corrected chi connectivity index (χ4v) is 1.43. The molecule has 2 rings (SSSR count). The maximum Gasteiger partial charge on any atom is 0.243 e. The predicted molar refractivity (Wildman–Crippen MR) is 63.5 cm³/mol. The van der Waals surface area contributed by atoms with Gasteiger partial charge in [0.15, 0.2) is 0 Å². The van der Waals surface area contributed by atoms with Gasteiger partial charge in [0, 0.05) is 5.56 Å². The standard InChI is InChI=1S/C12H15N3O2/c1-3-16-10-6-4-5-9(7-10)11-14-12(8(2)13)17-15-11/h4-8H,3,13H2,1-2H3/t8-/m1/s1. The maximum absolute atomic E-state index is 5.66. The molecule has 1 aromatic carbocycles. The Morgan fingerprint density at radius 3 is 2.94 bits per heavy atom. The van der Waals surface area contributed by atoms with Crippen LogP contribution in [-0.2, 0) is 0 Å². The van der Waals surface area contributed by atoms with Gasteiger partial charge in [-0.1, -0.05) is 17.3 Å². The van der Waals surface area contributed by atoms with E-state index in [2.05, 4.69) is 10.1 Å². The highest BCUT2D eigenvalue weighted by Crippen LogP contribution is 2.22. The van der Waals surface area contributed by atoms with Crippen LogP contribution in [0.3, 0.4) is 0 Å². The summed E-state index contributed by atoms with van der Waals surface area (Å²) in [5, 5.41) is 3.89. The Bertz CT molecular complexity index is 494. The third-order valence-electron chi connectivity index (χ3n) is 2.23. The molecule has 0 aliphatic heterocycles. The molecule has 1 heterocycles. The van der Waals surface area contributed by atoms with Gasteiger partial charge in [0.2, 0.25) is 11.7 Å². The second kappa shape index (κ2) is 4.97. The average Bonchev–Trinajstić information content (AvgIpc) is 2.79. The van der Waals surface area contributed by atoms with Crippen molar-refractivity contribution in [2.45, 2.75) is 19.9 Å². The molecular weight excluding hydrogens is 218 g/mol. The van der Waals surface area contributed by atoms with Crippen molar-refractivity contribution in [3.05, 3.63) is 30.2 Å². The lowest BCUT2D eigenvalue weighted by Crippen LogP contribution is -2.04. The second-order valence-corrected chi connectivity index (χ2v) is 3.71. The molecule has 0 saturated heterocycles. The Morgan fingerprint density at radius 1 is 1.47 bits per heavy atom. The van der Waals surface area contributed by atoms with Crippen molar-refractivity contribution in [1.82, 2.24) is 10.1 Å². The molecule has 0 unspecified atom stereocenters. The molecule has 0 bridgehead atoms. The van der Waals surface area contributed by atoms with Crippen molar-refractivity contribution >= 4 is 0 Å². The molecule has 2 aromatic rings. The van der Waals surface area contributed by atoms with Crippen LogP contribution in [0.2, 0.25) is 0 Å². The molecule has 0 spiro atoms. The summed E-state index contributed by atoms with van der Waals surface area (Å²) in [6.07, 6.45) is 0. The molecule has 1 atom stereocenters. The monoisotopic (exact) mass is 233 g/mol. The summed E-state index contributed by atoms with van der Waals surface area (Å²) in [6, 6.07) is 7.30. The Kier molecular flexibility index (Phi) is 3.39. The summed E-state index contributed by atoms with van der Waals surface area (Å²) in [5.74, 6) is 1.75. The number of aromatic nitrogens is 2. The maximum atomic E-state index is 5.66. The van der Waals surface area contributed by atoms with Gasteiger partial charge in [0.05, 0.1) is 12.6 Å². The first-order valence-corrected chi connectivity index (χ1v) is 5.53. The third kappa shape index (κ3) is 2.62. The van der Waals surface area contributed by atoms with Gasteiger partial charge in [-0.25, -0.2) is 0 Å². The van der Waals surface area contributed by atoms with Crippen LogP contribution in [0.4, 0.5) is 0 Å². The van der Waals surface area contributed by atoms with E-state index in [1.165, 1.54) is 0 Å². The minimum atomic E-state index is -0.258. The first-order valence-electron chi connectivity index (χ1n) is 5.53. The van der Waals surface area contributed by atoms with Gasteiger partial charge < -0.3 is 15.0 Å². The minimum Gasteiger partial charge on any atom is -0.494 e. The van der Waals surface area contributed by atoms with E-state index in [1.54, 1.807) is 6.92 Å². The van der Waals surface area contributed by atoms with Gasteiger partial charge in [0.25, 0.3) is 0 Å². The van der Waals surface area contributed by atoms with E-state index < -0.39 is 0 Å². The second-order valence-electron chi connectivity index (χ2n) is 3.71. The molecule has 0 saturated carbocycles. The zero-order chi connectivity index (χ0) is 12.3. The number of benzene rings is 1. The van der Waals surface area contributed by atoms with E-state index in [0.29, 0.717) is 18.3 Å². The Hall–Kier alpha value is -1.88. The Balaban J connectivity index is 2.28. The van der Waals surface area contributed by atoms with Crippen molar-refractivity contribution in [2.75, 3.05) is 6.61 Å². The lowest BCUT2D eigenvalue weighted by Gasteiger charge is -2.03. The Labute approximate surface area is 99.6 Å². The fraction of sp³-hybridized carbons (Fsp3) is 0.333. The van der Waals surface area contributed by atoms with Crippen LogP contribution in [0, 0.1) is 0 Å². The largest absolute Gasteiger partial charge is 0.494 e. The molecule has 90 valence electrons. The van der Waals surface area contributed by atoms with Gasteiger partial charge in [-0.05, 0) is 26.0 Å². The summed E-state index contributed by atoms with van der Waals surface area (Å²) >= 11 is 0. The van der Waals surface area contributed by atoms with Gasteiger partial charge in [-0.15, -0.1) is 0 Å². The highest BCUT2D eigenvalue weighted by atomic mass is 16.5. The van der Waals surface area contributed by atoms with Gasteiger partial charge in [-0.3, -0.25) is 0 Å². The number of rotatable bonds is 4. The predicted octanol–water partition coefficient (Wildman–Crippen LogP) is 2.15. The summed E-state index contributed by atoms with van der Waals surface area (Å²) in [4.78, 5) is 4.22. The van der Waals surface area contributed by atoms with Crippen LogP contribution in [0.5, 0.6) is 5.75 Å².